The van der Waals surface area contributed by atoms with Gasteiger partial charge in [-0.3, -0.25) is 0 Å². The number of esters is 1. The number of rotatable bonds is 4. The lowest BCUT2D eigenvalue weighted by Gasteiger charge is -2.21. The zero-order chi connectivity index (χ0) is 19.6. The van der Waals surface area contributed by atoms with Crippen molar-refractivity contribution in [3.05, 3.63) is 66.5 Å². The summed E-state index contributed by atoms with van der Waals surface area (Å²) in [6.45, 7) is 0. The molecule has 0 atom stereocenters. The molecule has 1 saturated heterocycles. The minimum Gasteiger partial charge on any atom is -0.456 e. The monoisotopic (exact) mass is 397 g/mol. The van der Waals surface area contributed by atoms with Crippen LogP contribution in [0.4, 0.5) is 0 Å². The Morgan fingerprint density at radius 1 is 0.964 bits per heavy atom. The van der Waals surface area contributed by atoms with E-state index in [4.69, 9.17) is 4.74 Å². The molecule has 0 radical (unpaired) electrons. The van der Waals surface area contributed by atoms with Gasteiger partial charge in [-0.2, -0.15) is 0 Å². The van der Waals surface area contributed by atoms with E-state index in [1.807, 2.05) is 60.7 Å². The van der Waals surface area contributed by atoms with Gasteiger partial charge in [0.05, 0.1) is 17.2 Å². The van der Waals surface area contributed by atoms with Crippen LogP contribution in [0.5, 0.6) is 0 Å². The normalized spacial score (nSPS) is 16.6. The smallest absolute Gasteiger partial charge is 0.378 e. The maximum atomic E-state index is 12.6. The minimum absolute atomic E-state index is 0.0338. The molecule has 0 bridgehead atoms. The Hall–Kier alpha value is -3.00. The lowest BCUT2D eigenvalue weighted by atomic mass is 10.2. The van der Waals surface area contributed by atoms with Gasteiger partial charge in [0.2, 0.25) is 0 Å². The maximum Gasteiger partial charge on any atom is 0.378 e. The lowest BCUT2D eigenvalue weighted by Crippen LogP contribution is -2.30. The standard InChI is InChI=1S/C20H19N3O4S/c24-20(27-17-11-13-28(25,26)14-12-17)18-21-19(15-7-3-1-4-8-15)23(22-18)16-9-5-2-6-10-16/h1-10,17H,11-14H2. The molecule has 7 nitrogen and oxygen atoms in total. The van der Waals surface area contributed by atoms with E-state index < -0.39 is 21.9 Å². The number of benzene rings is 2. The third kappa shape index (κ3) is 3.96. The van der Waals surface area contributed by atoms with Gasteiger partial charge in [-0.15, -0.1) is 5.10 Å². The van der Waals surface area contributed by atoms with Crippen molar-refractivity contribution >= 4 is 15.8 Å². The molecule has 1 fully saturated rings. The molecule has 0 N–H and O–H groups in total. The second-order valence-electron chi connectivity index (χ2n) is 6.63. The summed E-state index contributed by atoms with van der Waals surface area (Å²) in [7, 11) is -3.02. The first kappa shape index (κ1) is 18.4. The van der Waals surface area contributed by atoms with Crippen LogP contribution in [0.3, 0.4) is 0 Å². The third-order valence-corrected chi connectivity index (χ3v) is 6.31. The first-order valence-corrected chi connectivity index (χ1v) is 10.8. The van der Waals surface area contributed by atoms with E-state index in [0.29, 0.717) is 18.7 Å². The van der Waals surface area contributed by atoms with Crippen LogP contribution in [0, 0.1) is 0 Å². The molecule has 0 aliphatic carbocycles. The number of ether oxygens (including phenoxy) is 1. The van der Waals surface area contributed by atoms with Crippen molar-refractivity contribution in [2.75, 3.05) is 11.5 Å². The van der Waals surface area contributed by atoms with Crippen LogP contribution < -0.4 is 0 Å². The molecule has 1 aliphatic rings. The Labute approximate surface area is 162 Å². The molecule has 3 aromatic rings. The van der Waals surface area contributed by atoms with Crippen molar-refractivity contribution in [2.45, 2.75) is 18.9 Å². The van der Waals surface area contributed by atoms with Crippen LogP contribution in [-0.4, -0.2) is 46.8 Å². The van der Waals surface area contributed by atoms with Crippen molar-refractivity contribution < 1.29 is 17.9 Å². The average molecular weight is 397 g/mol. The SMILES string of the molecule is O=C(OC1CCS(=O)(=O)CC1)c1nc(-c2ccccc2)n(-c2ccccc2)n1. The topological polar surface area (TPSA) is 91.2 Å². The van der Waals surface area contributed by atoms with Gasteiger partial charge in [0.15, 0.2) is 15.7 Å². The summed E-state index contributed by atoms with van der Waals surface area (Å²) in [5.41, 5.74) is 1.60. The van der Waals surface area contributed by atoms with Crippen LogP contribution in [0.2, 0.25) is 0 Å². The molecule has 144 valence electrons. The number of carbonyl (C=O) groups excluding carboxylic acids is 1. The molecule has 0 saturated carbocycles. The van der Waals surface area contributed by atoms with Crippen molar-refractivity contribution in [2.24, 2.45) is 0 Å². The molecule has 28 heavy (non-hydrogen) atoms. The Morgan fingerprint density at radius 2 is 1.57 bits per heavy atom. The third-order valence-electron chi connectivity index (χ3n) is 4.60. The molecule has 0 spiro atoms. The molecule has 4 rings (SSSR count). The van der Waals surface area contributed by atoms with Gasteiger partial charge in [0.1, 0.15) is 6.10 Å². The highest BCUT2D eigenvalue weighted by Crippen LogP contribution is 2.22. The zero-order valence-corrected chi connectivity index (χ0v) is 15.9. The van der Waals surface area contributed by atoms with Gasteiger partial charge in [-0.05, 0) is 25.0 Å². The van der Waals surface area contributed by atoms with Gasteiger partial charge < -0.3 is 4.74 Å². The van der Waals surface area contributed by atoms with E-state index in [1.54, 1.807) is 4.68 Å². The number of hydrogen-bond acceptors (Lipinski definition) is 6. The highest BCUT2D eigenvalue weighted by molar-refractivity contribution is 7.91. The quantitative estimate of drug-likeness (QED) is 0.629. The van der Waals surface area contributed by atoms with Crippen LogP contribution in [0.25, 0.3) is 17.1 Å². The summed E-state index contributed by atoms with van der Waals surface area (Å²) >= 11 is 0. The summed E-state index contributed by atoms with van der Waals surface area (Å²) < 4.78 is 30.2. The fourth-order valence-corrected chi connectivity index (χ4v) is 4.56. The summed E-state index contributed by atoms with van der Waals surface area (Å²) in [5.74, 6) is -0.0877. The van der Waals surface area contributed by atoms with E-state index in [1.165, 1.54) is 0 Å². The molecule has 0 amide bonds. The fourth-order valence-electron chi connectivity index (χ4n) is 3.11. The molecule has 1 aliphatic heterocycles. The number of nitrogens with zero attached hydrogens (tertiary/aromatic N) is 3. The summed E-state index contributed by atoms with van der Waals surface area (Å²) in [4.78, 5) is 17.0. The second kappa shape index (κ2) is 7.55. The number of para-hydroxylation sites is 1. The fraction of sp³-hybridized carbons (Fsp3) is 0.250. The number of sulfone groups is 1. The first-order chi connectivity index (χ1) is 13.5. The van der Waals surface area contributed by atoms with Crippen molar-refractivity contribution in [1.82, 2.24) is 14.8 Å². The van der Waals surface area contributed by atoms with Gasteiger partial charge in [0, 0.05) is 5.56 Å². The Morgan fingerprint density at radius 3 is 2.21 bits per heavy atom. The number of aromatic nitrogens is 3. The largest absolute Gasteiger partial charge is 0.456 e. The first-order valence-electron chi connectivity index (χ1n) is 9.01. The zero-order valence-electron chi connectivity index (χ0n) is 15.1. The predicted molar refractivity (Wildman–Crippen MR) is 104 cm³/mol. The van der Waals surface area contributed by atoms with Crippen LogP contribution >= 0.6 is 0 Å². The summed E-state index contributed by atoms with van der Waals surface area (Å²) in [5, 5.41) is 4.36. The molecule has 8 heteroatoms. The van der Waals surface area contributed by atoms with Gasteiger partial charge in [-0.25, -0.2) is 22.9 Å². The Balaban J connectivity index is 1.63. The number of hydrogen-bond donors (Lipinski definition) is 0. The van der Waals surface area contributed by atoms with Gasteiger partial charge >= 0.3 is 5.97 Å². The maximum absolute atomic E-state index is 12.6. The second-order valence-corrected chi connectivity index (χ2v) is 8.93. The van der Waals surface area contributed by atoms with E-state index in [2.05, 4.69) is 10.1 Å². The molecular weight excluding hydrogens is 378 g/mol. The Bertz CT molecular complexity index is 1010. The van der Waals surface area contributed by atoms with Crippen molar-refractivity contribution in [3.8, 4) is 17.1 Å². The van der Waals surface area contributed by atoms with Crippen LogP contribution in [-0.2, 0) is 14.6 Å². The van der Waals surface area contributed by atoms with Crippen LogP contribution in [0.15, 0.2) is 60.7 Å². The average Bonchev–Trinajstić information content (AvgIpc) is 3.17. The molecule has 2 heterocycles. The number of carbonyl (C=O) groups is 1. The Kier molecular flexibility index (Phi) is 4.95. The van der Waals surface area contributed by atoms with E-state index in [-0.39, 0.29) is 17.3 Å². The molecule has 2 aromatic carbocycles. The van der Waals surface area contributed by atoms with Crippen molar-refractivity contribution in [1.29, 1.82) is 0 Å². The highest BCUT2D eigenvalue weighted by atomic mass is 32.2. The van der Waals surface area contributed by atoms with E-state index in [0.717, 1.165) is 11.3 Å². The van der Waals surface area contributed by atoms with E-state index in [9.17, 15) is 13.2 Å². The summed E-state index contributed by atoms with van der Waals surface area (Å²) in [6, 6.07) is 18.9. The van der Waals surface area contributed by atoms with Gasteiger partial charge in [-0.1, -0.05) is 48.5 Å². The molecule has 0 unspecified atom stereocenters. The van der Waals surface area contributed by atoms with Crippen molar-refractivity contribution in [3.63, 3.8) is 0 Å². The lowest BCUT2D eigenvalue weighted by molar-refractivity contribution is 0.0265. The minimum atomic E-state index is -3.02. The highest BCUT2D eigenvalue weighted by Gasteiger charge is 2.28. The predicted octanol–water partition coefficient (Wildman–Crippen LogP) is 2.67. The molecule has 1 aromatic heterocycles. The van der Waals surface area contributed by atoms with E-state index >= 15 is 0 Å². The van der Waals surface area contributed by atoms with Gasteiger partial charge in [0.25, 0.3) is 5.82 Å². The molecular formula is C20H19N3O4S. The van der Waals surface area contributed by atoms with Crippen LogP contribution in [0.1, 0.15) is 23.5 Å². The summed E-state index contributed by atoms with van der Waals surface area (Å²) in [6.07, 6.45) is 0.178.